The van der Waals surface area contributed by atoms with Crippen molar-refractivity contribution in [2.45, 2.75) is 45.6 Å². The van der Waals surface area contributed by atoms with Crippen LogP contribution in [-0.4, -0.2) is 6.54 Å². The third-order valence-electron chi connectivity index (χ3n) is 4.21. The average Bonchev–Trinajstić information content (AvgIpc) is 2.89. The minimum Gasteiger partial charge on any atom is -0.306 e. The van der Waals surface area contributed by atoms with Crippen molar-refractivity contribution < 1.29 is 0 Å². The molecule has 0 radical (unpaired) electrons. The Bertz CT molecular complexity index is 561. The first kappa shape index (κ1) is 13.8. The molecule has 2 heteroatoms. The Morgan fingerprint density at radius 2 is 2.00 bits per heavy atom. The summed E-state index contributed by atoms with van der Waals surface area (Å²) in [4.78, 5) is 3.12. The number of nitrogens with one attached hydrogen (secondary N) is 1. The van der Waals surface area contributed by atoms with Crippen molar-refractivity contribution in [3.8, 4) is 0 Å². The molecule has 1 N–H and O–H groups in total. The first-order valence-corrected chi connectivity index (χ1v) is 8.51. The summed E-state index contributed by atoms with van der Waals surface area (Å²) < 4.78 is 0. The van der Waals surface area contributed by atoms with Gasteiger partial charge in [0.2, 0.25) is 0 Å². The molecule has 0 saturated heterocycles. The number of thiophene rings is 1. The Labute approximate surface area is 126 Å². The van der Waals surface area contributed by atoms with Gasteiger partial charge in [-0.25, -0.2) is 0 Å². The van der Waals surface area contributed by atoms with Crippen molar-refractivity contribution in [3.05, 3.63) is 56.8 Å². The number of hydrogen-bond donors (Lipinski definition) is 1. The van der Waals surface area contributed by atoms with Gasteiger partial charge >= 0.3 is 0 Å². The van der Waals surface area contributed by atoms with E-state index in [0.29, 0.717) is 6.04 Å². The first-order chi connectivity index (χ1) is 9.79. The van der Waals surface area contributed by atoms with E-state index >= 15 is 0 Å². The van der Waals surface area contributed by atoms with E-state index in [1.165, 1.54) is 41.7 Å². The Kier molecular flexibility index (Phi) is 4.23. The molecule has 0 fully saturated rings. The Hall–Kier alpha value is -1.12. The summed E-state index contributed by atoms with van der Waals surface area (Å²) in [7, 11) is 0. The Morgan fingerprint density at radius 1 is 1.20 bits per heavy atom. The van der Waals surface area contributed by atoms with Crippen molar-refractivity contribution in [2.24, 2.45) is 0 Å². The van der Waals surface area contributed by atoms with Gasteiger partial charge in [-0.1, -0.05) is 31.2 Å². The summed E-state index contributed by atoms with van der Waals surface area (Å²) in [6.45, 7) is 5.41. The third-order valence-corrected chi connectivity index (χ3v) is 5.51. The van der Waals surface area contributed by atoms with Crippen LogP contribution < -0.4 is 5.32 Å². The smallest absolute Gasteiger partial charge is 0.0673 e. The monoisotopic (exact) mass is 285 g/mol. The van der Waals surface area contributed by atoms with Gasteiger partial charge in [-0.3, -0.25) is 0 Å². The van der Waals surface area contributed by atoms with Gasteiger partial charge in [0, 0.05) is 9.75 Å². The fourth-order valence-electron chi connectivity index (χ4n) is 3.13. The molecule has 0 saturated carbocycles. The lowest BCUT2D eigenvalue weighted by molar-refractivity contribution is 0.636. The van der Waals surface area contributed by atoms with Crippen LogP contribution in [0.5, 0.6) is 0 Å². The molecule has 1 unspecified atom stereocenters. The van der Waals surface area contributed by atoms with Gasteiger partial charge in [0.1, 0.15) is 0 Å². The molecule has 3 rings (SSSR count). The van der Waals surface area contributed by atoms with E-state index in [-0.39, 0.29) is 0 Å². The Balaban J connectivity index is 1.98. The predicted molar refractivity (Wildman–Crippen MR) is 87.7 cm³/mol. The standard InChI is InChI=1S/C18H23NS/c1-3-19-18(15-10-6-4-8-13(15)2)17-12-14-9-5-7-11-16(14)20-17/h4,6,8,10,12,18-19H,3,5,7,9,11H2,1-2H3. The highest BCUT2D eigenvalue weighted by Gasteiger charge is 2.20. The second-order valence-corrected chi connectivity index (χ2v) is 6.82. The molecule has 0 amide bonds. The molecule has 2 aromatic rings. The van der Waals surface area contributed by atoms with Gasteiger partial charge in [0.15, 0.2) is 0 Å². The summed E-state index contributed by atoms with van der Waals surface area (Å²) in [5, 5.41) is 3.68. The third kappa shape index (κ3) is 2.68. The zero-order chi connectivity index (χ0) is 13.9. The van der Waals surface area contributed by atoms with Crippen LogP contribution in [0, 0.1) is 6.92 Å². The minimum absolute atomic E-state index is 0.358. The van der Waals surface area contributed by atoms with Gasteiger partial charge in [-0.05, 0) is 61.9 Å². The molecule has 1 aromatic heterocycles. The lowest BCUT2D eigenvalue weighted by Crippen LogP contribution is -2.21. The molecule has 1 heterocycles. The molecule has 0 aliphatic heterocycles. The molecule has 1 nitrogen and oxygen atoms in total. The molecule has 1 atom stereocenters. The fourth-order valence-corrected chi connectivity index (χ4v) is 4.49. The predicted octanol–water partition coefficient (Wildman–Crippen LogP) is 4.63. The topological polar surface area (TPSA) is 12.0 Å². The number of rotatable bonds is 4. The van der Waals surface area contributed by atoms with Crippen molar-refractivity contribution >= 4 is 11.3 Å². The largest absolute Gasteiger partial charge is 0.306 e. The number of aryl methyl sites for hydroxylation is 3. The average molecular weight is 285 g/mol. The first-order valence-electron chi connectivity index (χ1n) is 7.70. The highest BCUT2D eigenvalue weighted by molar-refractivity contribution is 7.12. The molecular weight excluding hydrogens is 262 g/mol. The minimum atomic E-state index is 0.358. The van der Waals surface area contributed by atoms with Crippen molar-refractivity contribution in [3.63, 3.8) is 0 Å². The normalized spacial score (nSPS) is 15.9. The highest BCUT2D eigenvalue weighted by atomic mass is 32.1. The highest BCUT2D eigenvalue weighted by Crippen LogP contribution is 2.36. The zero-order valence-corrected chi connectivity index (χ0v) is 13.2. The van der Waals surface area contributed by atoms with Crippen molar-refractivity contribution in [1.82, 2.24) is 5.32 Å². The van der Waals surface area contributed by atoms with Gasteiger partial charge < -0.3 is 5.32 Å². The van der Waals surface area contributed by atoms with E-state index in [0.717, 1.165) is 6.54 Å². The van der Waals surface area contributed by atoms with E-state index in [1.807, 2.05) is 11.3 Å². The quantitative estimate of drug-likeness (QED) is 0.863. The lowest BCUT2D eigenvalue weighted by Gasteiger charge is -2.19. The molecule has 1 aliphatic rings. The maximum absolute atomic E-state index is 3.68. The number of hydrogen-bond acceptors (Lipinski definition) is 2. The van der Waals surface area contributed by atoms with E-state index in [1.54, 1.807) is 10.4 Å². The van der Waals surface area contributed by atoms with Crippen LogP contribution in [0.3, 0.4) is 0 Å². The Morgan fingerprint density at radius 3 is 2.75 bits per heavy atom. The maximum atomic E-state index is 3.68. The van der Waals surface area contributed by atoms with Crippen LogP contribution in [0.1, 0.15) is 52.3 Å². The zero-order valence-electron chi connectivity index (χ0n) is 12.4. The summed E-state index contributed by atoms with van der Waals surface area (Å²) in [5.41, 5.74) is 4.41. The molecule has 0 bridgehead atoms. The second kappa shape index (κ2) is 6.11. The lowest BCUT2D eigenvalue weighted by atomic mass is 9.96. The molecule has 0 spiro atoms. The SMILES string of the molecule is CCNC(c1cc2c(s1)CCCC2)c1ccccc1C. The van der Waals surface area contributed by atoms with Crippen LogP contribution in [0.15, 0.2) is 30.3 Å². The van der Waals surface area contributed by atoms with Gasteiger partial charge in [0.25, 0.3) is 0 Å². The summed E-state index contributed by atoms with van der Waals surface area (Å²) in [5.74, 6) is 0. The molecule has 106 valence electrons. The molecule has 1 aromatic carbocycles. The molecular formula is C18H23NS. The summed E-state index contributed by atoms with van der Waals surface area (Å²) in [6, 6.07) is 11.6. The number of fused-ring (bicyclic) bond motifs is 1. The van der Waals surface area contributed by atoms with E-state index in [4.69, 9.17) is 0 Å². The fraction of sp³-hybridized carbons (Fsp3) is 0.444. The van der Waals surface area contributed by atoms with Crippen LogP contribution in [0.2, 0.25) is 0 Å². The van der Waals surface area contributed by atoms with Gasteiger partial charge in [0.05, 0.1) is 6.04 Å². The second-order valence-electron chi connectivity index (χ2n) is 5.65. The van der Waals surface area contributed by atoms with Crippen LogP contribution in [-0.2, 0) is 12.8 Å². The molecule has 20 heavy (non-hydrogen) atoms. The summed E-state index contributed by atoms with van der Waals surface area (Å²) >= 11 is 2.02. The number of benzene rings is 1. The maximum Gasteiger partial charge on any atom is 0.0673 e. The van der Waals surface area contributed by atoms with Crippen LogP contribution in [0.4, 0.5) is 0 Å². The van der Waals surface area contributed by atoms with Gasteiger partial charge in [-0.15, -0.1) is 11.3 Å². The van der Waals surface area contributed by atoms with Crippen LogP contribution in [0.25, 0.3) is 0 Å². The van der Waals surface area contributed by atoms with E-state index in [9.17, 15) is 0 Å². The van der Waals surface area contributed by atoms with E-state index < -0.39 is 0 Å². The van der Waals surface area contributed by atoms with Gasteiger partial charge in [-0.2, -0.15) is 0 Å². The van der Waals surface area contributed by atoms with Crippen molar-refractivity contribution in [1.29, 1.82) is 0 Å². The van der Waals surface area contributed by atoms with Crippen molar-refractivity contribution in [2.75, 3.05) is 6.54 Å². The summed E-state index contributed by atoms with van der Waals surface area (Å²) in [6.07, 6.45) is 5.29. The van der Waals surface area contributed by atoms with E-state index in [2.05, 4.69) is 49.5 Å². The van der Waals surface area contributed by atoms with Crippen LogP contribution >= 0.6 is 11.3 Å². The molecule has 1 aliphatic carbocycles.